The molecule has 1 aromatic rings. The molecule has 1 aromatic carbocycles. The molecule has 0 amide bonds. The highest BCUT2D eigenvalue weighted by atomic mass is 32.2. The van der Waals surface area contributed by atoms with Crippen LogP contribution in [-0.2, 0) is 10.1 Å². The molecule has 1 rings (SSSR count). The Balaban J connectivity index is 2.14. The molecule has 186 valence electrons. The average Bonchev–Trinajstić information content (AvgIpc) is 2.74. The maximum Gasteiger partial charge on any atom is 0.264 e. The molecule has 0 aliphatic carbocycles. The Labute approximate surface area is 198 Å². The van der Waals surface area contributed by atoms with Crippen molar-refractivity contribution in [1.82, 2.24) is 0 Å². The first-order valence-corrected chi connectivity index (χ1v) is 14.8. The highest BCUT2D eigenvalue weighted by Crippen LogP contribution is 2.19. The fraction of sp³-hybridized carbons (Fsp3) is 0.778. The number of nitrogens with zero attached hydrogens (tertiary/aromatic N) is 1. The van der Waals surface area contributed by atoms with Crippen molar-refractivity contribution < 1.29 is 13.0 Å². The lowest BCUT2D eigenvalue weighted by atomic mass is 10.0. The smallest absolute Gasteiger partial charge is 0.264 e. The Morgan fingerprint density at radius 3 is 1.66 bits per heavy atom. The summed E-state index contributed by atoms with van der Waals surface area (Å²) in [6.45, 7) is 6.22. The molecule has 0 heterocycles. The lowest BCUT2D eigenvalue weighted by Gasteiger charge is -2.25. The van der Waals surface area contributed by atoms with E-state index in [1.807, 2.05) is 0 Å². The maximum atomic E-state index is 11.0. The van der Waals surface area contributed by atoms with Gasteiger partial charge in [0.2, 0.25) is 0 Å². The quantitative estimate of drug-likeness (QED) is 0.147. The Bertz CT molecular complexity index is 675. The van der Waals surface area contributed by atoms with E-state index in [2.05, 4.69) is 43.0 Å². The normalized spacial score (nSPS) is 11.7. The van der Waals surface area contributed by atoms with Crippen molar-refractivity contribution in [3.63, 3.8) is 0 Å². The van der Waals surface area contributed by atoms with Gasteiger partial charge in [-0.1, -0.05) is 103 Å². The first-order valence-electron chi connectivity index (χ1n) is 13.2. The van der Waals surface area contributed by atoms with Crippen LogP contribution in [0, 0.1) is 6.92 Å². The number of hydrogen-bond acceptors (Lipinski definition) is 3. The van der Waals surface area contributed by atoms with Gasteiger partial charge in [0.25, 0.3) is 10.1 Å². The second-order valence-corrected chi connectivity index (χ2v) is 11.0. The summed E-state index contributed by atoms with van der Waals surface area (Å²) in [5.41, 5.74) is 2.46. The van der Waals surface area contributed by atoms with Crippen LogP contribution in [0.15, 0.2) is 24.3 Å². The SMILES string of the molecule is CCCCCCCCCCCCCCCCN(CCCCS(=O)(=O)O)c1cccc(C)c1. The summed E-state index contributed by atoms with van der Waals surface area (Å²) in [7, 11) is -3.85. The van der Waals surface area contributed by atoms with E-state index >= 15 is 0 Å². The average molecular weight is 468 g/mol. The van der Waals surface area contributed by atoms with Crippen molar-refractivity contribution >= 4 is 15.8 Å². The van der Waals surface area contributed by atoms with E-state index in [1.54, 1.807) is 0 Å². The molecule has 0 aliphatic heterocycles. The van der Waals surface area contributed by atoms with Crippen molar-refractivity contribution in [3.8, 4) is 0 Å². The molecule has 0 unspecified atom stereocenters. The molecule has 5 heteroatoms. The van der Waals surface area contributed by atoms with Crippen LogP contribution in [0.2, 0.25) is 0 Å². The second-order valence-electron chi connectivity index (χ2n) is 9.42. The van der Waals surface area contributed by atoms with Crippen LogP contribution in [0.1, 0.15) is 115 Å². The van der Waals surface area contributed by atoms with E-state index in [0.29, 0.717) is 6.42 Å². The van der Waals surface area contributed by atoms with Crippen molar-refractivity contribution in [2.75, 3.05) is 23.7 Å². The van der Waals surface area contributed by atoms with Crippen molar-refractivity contribution in [2.45, 2.75) is 117 Å². The molecule has 0 spiro atoms. The molecule has 0 atom stereocenters. The molecule has 0 fully saturated rings. The van der Waals surface area contributed by atoms with Gasteiger partial charge in [-0.25, -0.2) is 0 Å². The van der Waals surface area contributed by atoms with Gasteiger partial charge >= 0.3 is 0 Å². The molecule has 0 saturated carbocycles. The summed E-state index contributed by atoms with van der Waals surface area (Å²) in [5.74, 6) is -0.145. The largest absolute Gasteiger partial charge is 0.372 e. The van der Waals surface area contributed by atoms with Gasteiger partial charge < -0.3 is 4.90 Å². The second kappa shape index (κ2) is 18.4. The third-order valence-corrected chi connectivity index (χ3v) is 7.03. The first kappa shape index (κ1) is 29.0. The highest BCUT2D eigenvalue weighted by Gasteiger charge is 2.09. The van der Waals surface area contributed by atoms with Crippen molar-refractivity contribution in [3.05, 3.63) is 29.8 Å². The summed E-state index contributed by atoms with van der Waals surface area (Å²) >= 11 is 0. The number of benzene rings is 1. The molecule has 0 aromatic heterocycles. The van der Waals surface area contributed by atoms with Gasteiger partial charge in [0.05, 0.1) is 5.75 Å². The Morgan fingerprint density at radius 2 is 1.19 bits per heavy atom. The van der Waals surface area contributed by atoms with Crippen molar-refractivity contribution in [2.24, 2.45) is 0 Å². The minimum absolute atomic E-state index is 0.145. The summed E-state index contributed by atoms with van der Waals surface area (Å²) < 4.78 is 30.8. The molecule has 1 N–H and O–H groups in total. The van der Waals surface area contributed by atoms with Gasteiger partial charge in [0.15, 0.2) is 0 Å². The number of unbranched alkanes of at least 4 members (excludes halogenated alkanes) is 14. The van der Waals surface area contributed by atoms with Crippen LogP contribution in [-0.4, -0.2) is 31.8 Å². The summed E-state index contributed by atoms with van der Waals surface area (Å²) in [6, 6.07) is 8.53. The zero-order valence-electron chi connectivity index (χ0n) is 20.9. The molecule has 0 radical (unpaired) electrons. The zero-order chi connectivity index (χ0) is 23.5. The topological polar surface area (TPSA) is 57.6 Å². The number of rotatable bonds is 21. The van der Waals surface area contributed by atoms with E-state index in [0.717, 1.165) is 19.5 Å². The van der Waals surface area contributed by atoms with Gasteiger partial charge in [-0.3, -0.25) is 4.55 Å². The predicted octanol–water partition coefficient (Wildman–Crippen LogP) is 7.95. The van der Waals surface area contributed by atoms with Crippen LogP contribution in [0.5, 0.6) is 0 Å². The molecular formula is C27H49NO3S. The van der Waals surface area contributed by atoms with E-state index < -0.39 is 10.1 Å². The van der Waals surface area contributed by atoms with E-state index in [-0.39, 0.29) is 5.75 Å². The van der Waals surface area contributed by atoms with Crippen LogP contribution >= 0.6 is 0 Å². The Morgan fingerprint density at radius 1 is 0.719 bits per heavy atom. The molecule has 0 bridgehead atoms. The first-order chi connectivity index (χ1) is 15.4. The summed E-state index contributed by atoms with van der Waals surface area (Å²) in [5, 5.41) is 0. The molecule has 0 aliphatic rings. The molecule has 4 nitrogen and oxygen atoms in total. The summed E-state index contributed by atoms with van der Waals surface area (Å²) in [6.07, 6.45) is 20.3. The Kier molecular flexibility index (Phi) is 16.6. The maximum absolute atomic E-state index is 11.0. The number of aryl methyl sites for hydroxylation is 1. The fourth-order valence-electron chi connectivity index (χ4n) is 4.28. The molecular weight excluding hydrogens is 418 g/mol. The Hall–Kier alpha value is -1.07. The lowest BCUT2D eigenvalue weighted by molar-refractivity contribution is 0.480. The zero-order valence-corrected chi connectivity index (χ0v) is 21.7. The minimum atomic E-state index is -3.85. The summed E-state index contributed by atoms with van der Waals surface area (Å²) in [4.78, 5) is 2.37. The number of hydrogen-bond donors (Lipinski definition) is 1. The van der Waals surface area contributed by atoms with Gasteiger partial charge in [0, 0.05) is 18.8 Å². The highest BCUT2D eigenvalue weighted by molar-refractivity contribution is 7.85. The molecule has 32 heavy (non-hydrogen) atoms. The minimum Gasteiger partial charge on any atom is -0.372 e. The van der Waals surface area contributed by atoms with Crippen LogP contribution in [0.4, 0.5) is 5.69 Å². The van der Waals surface area contributed by atoms with Gasteiger partial charge in [-0.15, -0.1) is 0 Å². The van der Waals surface area contributed by atoms with E-state index in [9.17, 15) is 8.42 Å². The van der Waals surface area contributed by atoms with Crippen LogP contribution in [0.25, 0.3) is 0 Å². The van der Waals surface area contributed by atoms with E-state index in [1.165, 1.54) is 101 Å². The third kappa shape index (κ3) is 16.5. The van der Waals surface area contributed by atoms with Crippen molar-refractivity contribution in [1.29, 1.82) is 0 Å². The molecule has 0 saturated heterocycles. The predicted molar refractivity (Wildman–Crippen MR) is 139 cm³/mol. The van der Waals surface area contributed by atoms with Crippen LogP contribution in [0.3, 0.4) is 0 Å². The standard InChI is InChI=1S/C27H49NO3S/c1-3-4-5-6-7-8-9-10-11-12-13-14-15-16-22-28(23-17-18-24-32(29,30)31)27-21-19-20-26(2)25-27/h19-21,25H,3-18,22-24H2,1-2H3,(H,29,30,31). The van der Waals surface area contributed by atoms with Gasteiger partial charge in [0.1, 0.15) is 0 Å². The van der Waals surface area contributed by atoms with E-state index in [4.69, 9.17) is 4.55 Å². The number of anilines is 1. The lowest BCUT2D eigenvalue weighted by Crippen LogP contribution is -2.26. The van der Waals surface area contributed by atoms with Crippen LogP contribution < -0.4 is 4.90 Å². The van der Waals surface area contributed by atoms with Gasteiger partial charge in [-0.2, -0.15) is 8.42 Å². The third-order valence-electron chi connectivity index (χ3n) is 6.23. The monoisotopic (exact) mass is 467 g/mol. The van der Waals surface area contributed by atoms with Gasteiger partial charge in [-0.05, 0) is 43.9 Å². The fourth-order valence-corrected chi connectivity index (χ4v) is 4.85.